The van der Waals surface area contributed by atoms with Gasteiger partial charge in [0, 0.05) is 0 Å². The topological polar surface area (TPSA) is 72.8 Å². The van der Waals surface area contributed by atoms with Crippen LogP contribution >= 0.6 is 12.6 Å². The van der Waals surface area contributed by atoms with Crippen LogP contribution in [-0.2, 0) is 9.47 Å². The summed E-state index contributed by atoms with van der Waals surface area (Å²) in [6.07, 6.45) is 0. The van der Waals surface area contributed by atoms with Crippen molar-refractivity contribution in [3.63, 3.8) is 0 Å². The molecule has 20 heavy (non-hydrogen) atoms. The van der Waals surface area contributed by atoms with Crippen molar-refractivity contribution in [2.24, 2.45) is 0 Å². The first kappa shape index (κ1) is 18.1. The molecule has 0 heterocycles. The number of aromatic hydroxyl groups is 1. The van der Waals surface area contributed by atoms with E-state index in [9.17, 15) is 27.9 Å². The van der Waals surface area contributed by atoms with Gasteiger partial charge in [-0.05, 0) is 18.2 Å². The van der Waals surface area contributed by atoms with Crippen LogP contribution in [0.5, 0.6) is 5.75 Å². The molecule has 5 nitrogen and oxygen atoms in total. The van der Waals surface area contributed by atoms with Crippen LogP contribution in [0.3, 0.4) is 0 Å². The standard InChI is InChI=1S/C10H10O5.CHF3S/c1-14-9(12)6-3-7(10(13)15-2)5-8(11)4-6;2-1(3,4)5/h3-5,11H,1-2H3;5H. The molecule has 9 heteroatoms. The zero-order valence-electron chi connectivity index (χ0n) is 10.4. The Hall–Kier alpha value is -1.90. The molecule has 0 spiro atoms. The number of ether oxygens (including phenoxy) is 2. The number of methoxy groups -OCH3 is 2. The fourth-order valence-electron chi connectivity index (χ4n) is 1.08. The van der Waals surface area contributed by atoms with E-state index in [0.717, 1.165) is 0 Å². The number of alkyl halides is 3. The zero-order chi connectivity index (χ0) is 15.9. The van der Waals surface area contributed by atoms with Gasteiger partial charge in [-0.2, -0.15) is 13.2 Å². The van der Waals surface area contributed by atoms with Crippen molar-refractivity contribution < 1.29 is 37.3 Å². The van der Waals surface area contributed by atoms with Gasteiger partial charge in [0.25, 0.3) is 0 Å². The van der Waals surface area contributed by atoms with Crippen molar-refractivity contribution >= 4 is 24.6 Å². The second-order valence-corrected chi connectivity index (χ2v) is 3.73. The summed E-state index contributed by atoms with van der Waals surface area (Å²) in [6.45, 7) is 0. The van der Waals surface area contributed by atoms with Gasteiger partial charge < -0.3 is 14.6 Å². The number of halogens is 3. The van der Waals surface area contributed by atoms with Crippen molar-refractivity contribution in [2.45, 2.75) is 5.51 Å². The van der Waals surface area contributed by atoms with Gasteiger partial charge in [-0.15, -0.1) is 0 Å². The smallest absolute Gasteiger partial charge is 0.438 e. The van der Waals surface area contributed by atoms with Gasteiger partial charge in [0.2, 0.25) is 0 Å². The van der Waals surface area contributed by atoms with Crippen LogP contribution in [0, 0.1) is 0 Å². The van der Waals surface area contributed by atoms with E-state index in [0.29, 0.717) is 0 Å². The highest BCUT2D eigenvalue weighted by molar-refractivity contribution is 7.81. The highest BCUT2D eigenvalue weighted by atomic mass is 32.1. The number of benzene rings is 1. The van der Waals surface area contributed by atoms with E-state index in [-0.39, 0.29) is 16.9 Å². The molecule has 1 rings (SSSR count). The summed E-state index contributed by atoms with van der Waals surface area (Å²) in [4.78, 5) is 22.3. The van der Waals surface area contributed by atoms with Gasteiger partial charge in [-0.25, -0.2) is 9.59 Å². The van der Waals surface area contributed by atoms with Crippen LogP contribution in [0.4, 0.5) is 13.2 Å². The third-order valence-electron chi connectivity index (χ3n) is 1.76. The minimum absolute atomic E-state index is 0.0953. The van der Waals surface area contributed by atoms with Gasteiger partial charge in [-0.1, -0.05) is 12.6 Å². The molecular formula is C11H11F3O5S. The lowest BCUT2D eigenvalue weighted by Gasteiger charge is -2.03. The Morgan fingerprint density at radius 1 is 1.05 bits per heavy atom. The van der Waals surface area contributed by atoms with Crippen LogP contribution in [0.1, 0.15) is 20.7 Å². The van der Waals surface area contributed by atoms with Crippen molar-refractivity contribution in [1.82, 2.24) is 0 Å². The average molecular weight is 312 g/mol. The number of rotatable bonds is 2. The molecule has 0 saturated carbocycles. The number of carbonyl (C=O) groups is 2. The van der Waals surface area contributed by atoms with Crippen molar-refractivity contribution in [3.05, 3.63) is 29.3 Å². The Balaban J connectivity index is 0.000000621. The quantitative estimate of drug-likeness (QED) is 0.648. The zero-order valence-corrected chi connectivity index (χ0v) is 11.3. The number of phenols is 1. The Morgan fingerprint density at radius 2 is 1.35 bits per heavy atom. The number of hydrogen-bond acceptors (Lipinski definition) is 6. The van der Waals surface area contributed by atoms with Gasteiger partial charge in [-0.3, -0.25) is 0 Å². The fourth-order valence-corrected chi connectivity index (χ4v) is 1.08. The number of esters is 2. The van der Waals surface area contributed by atoms with Crippen molar-refractivity contribution in [2.75, 3.05) is 14.2 Å². The van der Waals surface area contributed by atoms with Crippen LogP contribution in [0.15, 0.2) is 18.2 Å². The number of carbonyl (C=O) groups excluding carboxylic acids is 2. The summed E-state index contributed by atoms with van der Waals surface area (Å²) >= 11 is 2.12. The first-order valence-electron chi connectivity index (χ1n) is 4.88. The molecule has 0 saturated heterocycles. The predicted octanol–water partition coefficient (Wildman–Crippen LogP) is 2.40. The molecule has 0 aromatic heterocycles. The molecule has 1 aromatic carbocycles. The monoisotopic (exact) mass is 312 g/mol. The average Bonchev–Trinajstić information content (AvgIpc) is 2.34. The summed E-state index contributed by atoms with van der Waals surface area (Å²) < 4.78 is 39.6. The normalized spacial score (nSPS) is 10.1. The fraction of sp³-hybridized carbons (Fsp3) is 0.273. The summed E-state index contributed by atoms with van der Waals surface area (Å²) in [6, 6.07) is 3.70. The van der Waals surface area contributed by atoms with E-state index in [1.165, 1.54) is 32.4 Å². The molecule has 0 amide bonds. The molecule has 0 aliphatic carbocycles. The predicted molar refractivity (Wildman–Crippen MR) is 65.8 cm³/mol. The molecule has 112 valence electrons. The van der Waals surface area contributed by atoms with E-state index in [4.69, 9.17) is 0 Å². The maximum Gasteiger partial charge on any atom is 0.438 e. The summed E-state index contributed by atoms with van der Waals surface area (Å²) in [5.41, 5.74) is -4.11. The lowest BCUT2D eigenvalue weighted by atomic mass is 10.1. The van der Waals surface area contributed by atoms with Gasteiger partial charge in [0.05, 0.1) is 25.3 Å². The van der Waals surface area contributed by atoms with Crippen LogP contribution in [-0.4, -0.2) is 36.8 Å². The van der Waals surface area contributed by atoms with Crippen LogP contribution in [0.2, 0.25) is 0 Å². The molecule has 0 aliphatic rings. The first-order valence-corrected chi connectivity index (χ1v) is 5.33. The molecule has 0 aliphatic heterocycles. The maximum atomic E-state index is 11.1. The second-order valence-electron chi connectivity index (χ2n) is 3.22. The van der Waals surface area contributed by atoms with Crippen molar-refractivity contribution in [3.8, 4) is 5.75 Å². The minimum atomic E-state index is -4.31. The summed E-state index contributed by atoms with van der Waals surface area (Å²) in [5, 5.41) is 9.27. The van der Waals surface area contributed by atoms with E-state index < -0.39 is 17.4 Å². The lowest BCUT2D eigenvalue weighted by molar-refractivity contribution is -0.0304. The molecule has 0 radical (unpaired) electrons. The summed E-state index contributed by atoms with van der Waals surface area (Å²) in [5.74, 6) is -1.45. The third kappa shape index (κ3) is 7.52. The third-order valence-corrected chi connectivity index (χ3v) is 1.76. The van der Waals surface area contributed by atoms with Crippen molar-refractivity contribution in [1.29, 1.82) is 0 Å². The van der Waals surface area contributed by atoms with Crippen LogP contribution in [0.25, 0.3) is 0 Å². The molecular weight excluding hydrogens is 301 g/mol. The number of thiol groups is 1. The lowest BCUT2D eigenvalue weighted by Crippen LogP contribution is -2.06. The molecule has 1 N–H and O–H groups in total. The summed E-state index contributed by atoms with van der Waals surface area (Å²) in [7, 11) is 2.42. The Kier molecular flexibility index (Phi) is 6.91. The van der Waals surface area contributed by atoms with E-state index in [2.05, 4.69) is 22.1 Å². The van der Waals surface area contributed by atoms with Gasteiger partial charge in [0.15, 0.2) is 0 Å². The Bertz CT molecular complexity index is 447. The molecule has 0 bridgehead atoms. The molecule has 0 fully saturated rings. The van der Waals surface area contributed by atoms with E-state index >= 15 is 0 Å². The number of phenolic OH excluding ortho intramolecular Hbond substituents is 1. The maximum absolute atomic E-state index is 11.1. The first-order chi connectivity index (χ1) is 9.08. The SMILES string of the molecule is COC(=O)c1cc(O)cc(C(=O)OC)c1.FC(F)(F)S. The number of hydrogen-bond donors (Lipinski definition) is 2. The highest BCUT2D eigenvalue weighted by Crippen LogP contribution is 2.18. The second kappa shape index (κ2) is 7.63. The highest BCUT2D eigenvalue weighted by Gasteiger charge is 2.17. The van der Waals surface area contributed by atoms with E-state index in [1.807, 2.05) is 0 Å². The van der Waals surface area contributed by atoms with Gasteiger partial charge in [0.1, 0.15) is 5.75 Å². The molecule has 1 aromatic rings. The Morgan fingerprint density at radius 3 is 1.60 bits per heavy atom. The molecule has 0 atom stereocenters. The minimum Gasteiger partial charge on any atom is -0.508 e. The largest absolute Gasteiger partial charge is 0.508 e. The van der Waals surface area contributed by atoms with E-state index in [1.54, 1.807) is 0 Å². The van der Waals surface area contributed by atoms with Crippen LogP contribution < -0.4 is 0 Å². The van der Waals surface area contributed by atoms with Gasteiger partial charge >= 0.3 is 17.4 Å². The Labute approximate surface area is 117 Å². The molecule has 0 unspecified atom stereocenters.